The maximum absolute atomic E-state index is 11.7. The third-order valence-electron chi connectivity index (χ3n) is 3.73. The lowest BCUT2D eigenvalue weighted by Crippen LogP contribution is -2.48. The number of carbonyl (C=O) groups is 2. The van der Waals surface area contributed by atoms with Crippen LogP contribution in [0.1, 0.15) is 64.7 Å². The Morgan fingerprint density at radius 3 is 2.37 bits per heavy atom. The van der Waals surface area contributed by atoms with E-state index in [4.69, 9.17) is 5.11 Å². The Morgan fingerprint density at radius 1 is 1.11 bits per heavy atom. The molecule has 2 amide bonds. The minimum absolute atomic E-state index is 0.0223. The summed E-state index contributed by atoms with van der Waals surface area (Å²) in [5, 5.41) is 14.4. The molecular weight excluding hydrogens is 244 g/mol. The van der Waals surface area contributed by atoms with Gasteiger partial charge in [0.15, 0.2) is 0 Å². The van der Waals surface area contributed by atoms with Crippen LogP contribution in [0.25, 0.3) is 0 Å². The molecule has 19 heavy (non-hydrogen) atoms. The highest BCUT2D eigenvalue weighted by Gasteiger charge is 2.29. The van der Waals surface area contributed by atoms with Crippen molar-refractivity contribution in [2.24, 2.45) is 0 Å². The molecule has 110 valence electrons. The molecule has 0 aromatic heterocycles. The minimum atomic E-state index is -0.734. The van der Waals surface area contributed by atoms with Gasteiger partial charge in [-0.1, -0.05) is 25.7 Å². The number of unbranched alkanes of at least 4 members (excludes halogenated alkanes) is 3. The fourth-order valence-electron chi connectivity index (χ4n) is 2.56. The summed E-state index contributed by atoms with van der Waals surface area (Å²) >= 11 is 0. The van der Waals surface area contributed by atoms with Crippen LogP contribution in [-0.2, 0) is 4.79 Å². The van der Waals surface area contributed by atoms with Gasteiger partial charge >= 0.3 is 12.0 Å². The zero-order valence-electron chi connectivity index (χ0n) is 11.8. The maximum atomic E-state index is 11.7. The van der Waals surface area contributed by atoms with E-state index in [-0.39, 0.29) is 18.0 Å². The molecule has 0 heterocycles. The summed E-state index contributed by atoms with van der Waals surface area (Å²) in [4.78, 5) is 22.0. The summed E-state index contributed by atoms with van der Waals surface area (Å²) < 4.78 is 0. The van der Waals surface area contributed by atoms with Gasteiger partial charge < -0.3 is 15.7 Å². The van der Waals surface area contributed by atoms with Crippen LogP contribution < -0.4 is 10.6 Å². The number of hydrogen-bond acceptors (Lipinski definition) is 2. The highest BCUT2D eigenvalue weighted by atomic mass is 16.4. The summed E-state index contributed by atoms with van der Waals surface area (Å²) in [5.41, 5.74) is -0.0223. The van der Waals surface area contributed by atoms with Crippen molar-refractivity contribution < 1.29 is 14.7 Å². The monoisotopic (exact) mass is 270 g/mol. The number of amides is 2. The predicted molar refractivity (Wildman–Crippen MR) is 74.1 cm³/mol. The van der Waals surface area contributed by atoms with Crippen molar-refractivity contribution in [3.05, 3.63) is 0 Å². The van der Waals surface area contributed by atoms with Crippen molar-refractivity contribution >= 4 is 12.0 Å². The van der Waals surface area contributed by atoms with E-state index in [9.17, 15) is 9.59 Å². The molecule has 0 atom stereocenters. The van der Waals surface area contributed by atoms with Crippen molar-refractivity contribution in [1.82, 2.24) is 10.6 Å². The van der Waals surface area contributed by atoms with Crippen LogP contribution >= 0.6 is 0 Å². The number of rotatable bonds is 8. The van der Waals surface area contributed by atoms with Crippen LogP contribution in [0, 0.1) is 0 Å². The Labute approximate surface area is 115 Å². The normalized spacial score (nSPS) is 17.1. The van der Waals surface area contributed by atoms with E-state index in [0.717, 1.165) is 38.5 Å². The molecule has 1 fully saturated rings. The fourth-order valence-corrected chi connectivity index (χ4v) is 2.56. The number of carbonyl (C=O) groups excluding carboxylic acids is 1. The van der Waals surface area contributed by atoms with Crippen LogP contribution in [-0.4, -0.2) is 29.2 Å². The summed E-state index contributed by atoms with van der Waals surface area (Å²) in [6.07, 6.45) is 8.26. The quantitative estimate of drug-likeness (QED) is 0.593. The second-order valence-corrected chi connectivity index (χ2v) is 5.71. The first kappa shape index (κ1) is 15.8. The first-order chi connectivity index (χ1) is 9.02. The molecule has 0 spiro atoms. The van der Waals surface area contributed by atoms with Gasteiger partial charge in [-0.3, -0.25) is 4.79 Å². The molecule has 0 unspecified atom stereocenters. The zero-order chi connectivity index (χ0) is 14.1. The van der Waals surface area contributed by atoms with E-state index in [1.807, 2.05) is 0 Å². The Hall–Kier alpha value is -1.26. The highest BCUT2D eigenvalue weighted by Crippen LogP contribution is 2.28. The second kappa shape index (κ2) is 8.02. The number of nitrogens with one attached hydrogen (secondary N) is 2. The second-order valence-electron chi connectivity index (χ2n) is 5.71. The summed E-state index contributed by atoms with van der Waals surface area (Å²) in [5.74, 6) is -0.734. The van der Waals surface area contributed by atoms with E-state index in [2.05, 4.69) is 17.6 Å². The summed E-state index contributed by atoms with van der Waals surface area (Å²) in [7, 11) is 0. The molecule has 1 aliphatic rings. The maximum Gasteiger partial charge on any atom is 0.315 e. The van der Waals surface area contributed by atoms with Crippen molar-refractivity contribution in [2.75, 3.05) is 6.54 Å². The molecule has 5 heteroatoms. The van der Waals surface area contributed by atoms with Crippen molar-refractivity contribution in [3.63, 3.8) is 0 Å². The van der Waals surface area contributed by atoms with E-state index in [1.54, 1.807) is 0 Å². The van der Waals surface area contributed by atoms with Gasteiger partial charge in [0.05, 0.1) is 0 Å². The Bertz CT molecular complexity index is 299. The fraction of sp³-hybridized carbons (Fsp3) is 0.857. The lowest BCUT2D eigenvalue weighted by atomic mass is 10.0. The van der Waals surface area contributed by atoms with Gasteiger partial charge in [-0.25, -0.2) is 4.79 Å². The van der Waals surface area contributed by atoms with E-state index < -0.39 is 5.97 Å². The van der Waals surface area contributed by atoms with Crippen LogP contribution in [0.4, 0.5) is 4.79 Å². The lowest BCUT2D eigenvalue weighted by molar-refractivity contribution is -0.137. The summed E-state index contributed by atoms with van der Waals surface area (Å²) in [6.45, 7) is 2.76. The summed E-state index contributed by atoms with van der Waals surface area (Å²) in [6, 6.07) is -0.0741. The SMILES string of the molecule is CC1(NC(=O)NCCCCCCC(=O)O)CCCC1. The molecule has 0 aliphatic heterocycles. The Kier molecular flexibility index (Phi) is 6.67. The molecule has 1 rings (SSSR count). The molecule has 0 radical (unpaired) electrons. The molecule has 0 bridgehead atoms. The Balaban J connectivity index is 1.97. The number of hydrogen-bond donors (Lipinski definition) is 3. The topological polar surface area (TPSA) is 78.4 Å². The largest absolute Gasteiger partial charge is 0.481 e. The van der Waals surface area contributed by atoms with Crippen molar-refractivity contribution in [3.8, 4) is 0 Å². The molecule has 0 saturated heterocycles. The van der Waals surface area contributed by atoms with Crippen molar-refractivity contribution in [1.29, 1.82) is 0 Å². The van der Waals surface area contributed by atoms with Crippen LogP contribution in [0.2, 0.25) is 0 Å². The molecule has 5 nitrogen and oxygen atoms in total. The molecule has 0 aromatic rings. The zero-order valence-corrected chi connectivity index (χ0v) is 11.8. The van der Waals surface area contributed by atoms with Crippen molar-refractivity contribution in [2.45, 2.75) is 70.3 Å². The molecule has 1 aliphatic carbocycles. The van der Waals surface area contributed by atoms with Gasteiger partial charge in [-0.2, -0.15) is 0 Å². The molecular formula is C14H26N2O3. The first-order valence-electron chi connectivity index (χ1n) is 7.30. The predicted octanol–water partition coefficient (Wildman–Crippen LogP) is 2.65. The van der Waals surface area contributed by atoms with Crippen LogP contribution in [0.15, 0.2) is 0 Å². The molecule has 3 N–H and O–H groups in total. The minimum Gasteiger partial charge on any atom is -0.481 e. The smallest absolute Gasteiger partial charge is 0.315 e. The number of carboxylic acid groups (broad SMARTS) is 1. The third kappa shape index (κ3) is 7.03. The highest BCUT2D eigenvalue weighted by molar-refractivity contribution is 5.74. The van der Waals surface area contributed by atoms with Gasteiger partial charge in [0.2, 0.25) is 0 Å². The number of carboxylic acids is 1. The first-order valence-corrected chi connectivity index (χ1v) is 7.30. The van der Waals surface area contributed by atoms with Gasteiger partial charge in [0.25, 0.3) is 0 Å². The number of aliphatic carboxylic acids is 1. The average Bonchev–Trinajstić information content (AvgIpc) is 2.74. The van der Waals surface area contributed by atoms with Gasteiger partial charge in [0.1, 0.15) is 0 Å². The van der Waals surface area contributed by atoms with E-state index in [1.165, 1.54) is 12.8 Å². The lowest BCUT2D eigenvalue weighted by Gasteiger charge is -2.25. The molecule has 1 saturated carbocycles. The van der Waals surface area contributed by atoms with Crippen LogP contribution in [0.5, 0.6) is 0 Å². The van der Waals surface area contributed by atoms with E-state index in [0.29, 0.717) is 6.54 Å². The van der Waals surface area contributed by atoms with E-state index >= 15 is 0 Å². The standard InChI is InChI=1S/C14H26N2O3/c1-14(9-5-6-10-14)16-13(19)15-11-7-3-2-4-8-12(17)18/h2-11H2,1H3,(H,17,18)(H2,15,16,19). The average molecular weight is 270 g/mol. The Morgan fingerprint density at radius 2 is 1.74 bits per heavy atom. The third-order valence-corrected chi connectivity index (χ3v) is 3.73. The molecule has 0 aromatic carbocycles. The van der Waals surface area contributed by atoms with Gasteiger partial charge in [-0.15, -0.1) is 0 Å². The van der Waals surface area contributed by atoms with Gasteiger partial charge in [-0.05, 0) is 32.6 Å². The van der Waals surface area contributed by atoms with Gasteiger partial charge in [0, 0.05) is 18.5 Å². The van der Waals surface area contributed by atoms with Crippen LogP contribution in [0.3, 0.4) is 0 Å². The number of urea groups is 1.